The van der Waals surface area contributed by atoms with Crippen LogP contribution < -0.4 is 14.4 Å². The van der Waals surface area contributed by atoms with E-state index in [-0.39, 0.29) is 5.04 Å². The van der Waals surface area contributed by atoms with Gasteiger partial charge in [-0.2, -0.15) is 0 Å². The largest absolute Gasteiger partial charge is 0.497 e. The number of fused-ring (bicyclic) bond motifs is 1. The first-order valence-corrected chi connectivity index (χ1v) is 13.4. The predicted molar refractivity (Wildman–Crippen MR) is 129 cm³/mol. The number of nitrogens with zero attached hydrogens (tertiary/aromatic N) is 3. The standard InChI is InChI=1S/C23H30ClN3O3Si/c1-23(2,3)31(6,7)30-15-27(18-12-19(28-4)14-20(13-18)29-5)17-8-9-21-16(10-17)11-22(24)26-25-21/h8-14H,15H2,1-7H3. The Labute approximate surface area is 190 Å². The van der Waals surface area contributed by atoms with E-state index in [0.717, 1.165) is 22.3 Å². The molecule has 0 saturated heterocycles. The van der Waals surface area contributed by atoms with E-state index in [0.29, 0.717) is 23.4 Å². The molecule has 166 valence electrons. The Morgan fingerprint density at radius 1 is 0.903 bits per heavy atom. The van der Waals surface area contributed by atoms with Gasteiger partial charge in [0.15, 0.2) is 13.5 Å². The van der Waals surface area contributed by atoms with Crippen LogP contribution in [-0.4, -0.2) is 39.5 Å². The van der Waals surface area contributed by atoms with E-state index in [1.165, 1.54) is 0 Å². The molecule has 1 heterocycles. The molecular weight excluding hydrogens is 430 g/mol. The molecule has 0 aliphatic rings. The first kappa shape index (κ1) is 23.3. The lowest BCUT2D eigenvalue weighted by Gasteiger charge is -2.38. The second-order valence-electron chi connectivity index (χ2n) is 8.94. The van der Waals surface area contributed by atoms with Crippen molar-refractivity contribution in [2.75, 3.05) is 25.9 Å². The zero-order valence-electron chi connectivity index (χ0n) is 19.2. The summed E-state index contributed by atoms with van der Waals surface area (Å²) in [6.07, 6.45) is 0. The molecule has 0 amide bonds. The Balaban J connectivity index is 2.08. The van der Waals surface area contributed by atoms with Crippen LogP contribution in [0.15, 0.2) is 42.5 Å². The lowest BCUT2D eigenvalue weighted by Crippen LogP contribution is -2.43. The lowest BCUT2D eigenvalue weighted by molar-refractivity contribution is 0.296. The van der Waals surface area contributed by atoms with Crippen LogP contribution in [0.5, 0.6) is 11.5 Å². The number of hydrogen-bond acceptors (Lipinski definition) is 6. The number of methoxy groups -OCH3 is 2. The molecule has 0 fully saturated rings. The molecule has 31 heavy (non-hydrogen) atoms. The van der Waals surface area contributed by atoms with E-state index in [1.807, 2.05) is 42.5 Å². The summed E-state index contributed by atoms with van der Waals surface area (Å²) < 4.78 is 17.6. The van der Waals surface area contributed by atoms with Gasteiger partial charge in [0.05, 0.1) is 25.4 Å². The first-order valence-electron chi connectivity index (χ1n) is 10.1. The van der Waals surface area contributed by atoms with E-state index in [9.17, 15) is 0 Å². The zero-order valence-corrected chi connectivity index (χ0v) is 20.9. The Kier molecular flexibility index (Phi) is 6.78. The summed E-state index contributed by atoms with van der Waals surface area (Å²) in [6, 6.07) is 13.6. The van der Waals surface area contributed by atoms with Crippen molar-refractivity contribution < 1.29 is 13.9 Å². The number of anilines is 2. The van der Waals surface area contributed by atoms with Crippen LogP contribution in [0.25, 0.3) is 10.9 Å². The minimum Gasteiger partial charge on any atom is -0.497 e. The molecule has 0 spiro atoms. The Morgan fingerprint density at radius 2 is 1.55 bits per heavy atom. The molecule has 0 aliphatic heterocycles. The van der Waals surface area contributed by atoms with E-state index in [2.05, 4.69) is 49.0 Å². The van der Waals surface area contributed by atoms with Crippen molar-refractivity contribution in [2.45, 2.75) is 38.9 Å². The fraction of sp³-hybridized carbons (Fsp3) is 0.391. The van der Waals surface area contributed by atoms with Gasteiger partial charge in [0.1, 0.15) is 18.2 Å². The van der Waals surface area contributed by atoms with Crippen LogP contribution >= 0.6 is 11.6 Å². The Bertz CT molecular complexity index is 1050. The molecule has 0 bridgehead atoms. The van der Waals surface area contributed by atoms with Gasteiger partial charge in [0.25, 0.3) is 0 Å². The average molecular weight is 460 g/mol. The minimum absolute atomic E-state index is 0.0945. The molecule has 2 aromatic carbocycles. The molecule has 3 rings (SSSR count). The molecule has 0 aliphatic carbocycles. The maximum Gasteiger partial charge on any atom is 0.194 e. The molecular formula is C23H30ClN3O3Si. The highest BCUT2D eigenvalue weighted by atomic mass is 35.5. The second kappa shape index (κ2) is 9.02. The van der Waals surface area contributed by atoms with Crippen molar-refractivity contribution in [1.29, 1.82) is 0 Å². The van der Waals surface area contributed by atoms with Crippen LogP contribution in [0, 0.1) is 0 Å². The normalized spacial score (nSPS) is 12.1. The number of benzene rings is 2. The summed E-state index contributed by atoms with van der Waals surface area (Å²) >= 11 is 6.08. The number of halogens is 1. The van der Waals surface area contributed by atoms with Gasteiger partial charge in [0, 0.05) is 29.3 Å². The van der Waals surface area contributed by atoms with Crippen molar-refractivity contribution in [3.8, 4) is 11.5 Å². The summed E-state index contributed by atoms with van der Waals surface area (Å²) in [5, 5.41) is 9.45. The Morgan fingerprint density at radius 3 is 2.13 bits per heavy atom. The molecule has 6 nitrogen and oxygen atoms in total. The number of hydrogen-bond donors (Lipinski definition) is 0. The van der Waals surface area contributed by atoms with Gasteiger partial charge >= 0.3 is 0 Å². The van der Waals surface area contributed by atoms with Crippen LogP contribution in [0.2, 0.25) is 23.3 Å². The third-order valence-corrected chi connectivity index (χ3v) is 10.5. The number of aromatic nitrogens is 2. The zero-order chi connectivity index (χ0) is 22.8. The van der Waals surface area contributed by atoms with Crippen molar-refractivity contribution in [1.82, 2.24) is 10.2 Å². The monoisotopic (exact) mass is 459 g/mol. The fourth-order valence-electron chi connectivity index (χ4n) is 2.86. The van der Waals surface area contributed by atoms with Gasteiger partial charge in [-0.1, -0.05) is 32.4 Å². The predicted octanol–water partition coefficient (Wildman–Crippen LogP) is 6.42. The van der Waals surface area contributed by atoms with Gasteiger partial charge in [0.2, 0.25) is 0 Å². The summed E-state index contributed by atoms with van der Waals surface area (Å²) in [4.78, 5) is 2.11. The number of ether oxygens (including phenoxy) is 2. The molecule has 0 N–H and O–H groups in total. The van der Waals surface area contributed by atoms with Crippen molar-refractivity contribution in [3.63, 3.8) is 0 Å². The van der Waals surface area contributed by atoms with E-state index in [1.54, 1.807) is 14.2 Å². The minimum atomic E-state index is -1.99. The molecule has 3 aromatic rings. The lowest BCUT2D eigenvalue weighted by atomic mass is 10.2. The highest BCUT2D eigenvalue weighted by Crippen LogP contribution is 2.39. The van der Waals surface area contributed by atoms with Crippen LogP contribution in [0.4, 0.5) is 11.4 Å². The molecule has 1 aromatic heterocycles. The van der Waals surface area contributed by atoms with Gasteiger partial charge < -0.3 is 18.8 Å². The molecule has 0 radical (unpaired) electrons. The summed E-state index contributed by atoms with van der Waals surface area (Å²) in [5.74, 6) is 1.42. The average Bonchev–Trinajstić information content (AvgIpc) is 2.72. The second-order valence-corrected chi connectivity index (χ2v) is 14.1. The van der Waals surface area contributed by atoms with Crippen LogP contribution in [0.3, 0.4) is 0 Å². The molecule has 0 unspecified atom stereocenters. The number of rotatable bonds is 7. The van der Waals surface area contributed by atoms with E-state index < -0.39 is 8.32 Å². The SMILES string of the molecule is COc1cc(OC)cc(N(CO[Si](C)(C)C(C)(C)C)c2ccc3nnc(Cl)cc3c2)c1. The fourth-order valence-corrected chi connectivity index (χ4v) is 3.90. The van der Waals surface area contributed by atoms with Crippen molar-refractivity contribution in [3.05, 3.63) is 47.6 Å². The van der Waals surface area contributed by atoms with Crippen LogP contribution in [0.1, 0.15) is 20.8 Å². The molecule has 8 heteroatoms. The highest BCUT2D eigenvalue weighted by molar-refractivity contribution is 6.74. The Hall–Kier alpha value is -2.35. The van der Waals surface area contributed by atoms with Crippen LogP contribution in [-0.2, 0) is 4.43 Å². The summed E-state index contributed by atoms with van der Waals surface area (Å²) in [5.41, 5.74) is 2.63. The van der Waals surface area contributed by atoms with Crippen molar-refractivity contribution >= 4 is 42.2 Å². The third-order valence-electron chi connectivity index (χ3n) is 5.86. The molecule has 0 atom stereocenters. The van der Waals surface area contributed by atoms with Gasteiger partial charge in [-0.3, -0.25) is 0 Å². The third kappa shape index (κ3) is 5.29. The smallest absolute Gasteiger partial charge is 0.194 e. The quantitative estimate of drug-likeness (QED) is 0.300. The van der Waals surface area contributed by atoms with E-state index >= 15 is 0 Å². The van der Waals surface area contributed by atoms with Gasteiger partial charge in [-0.15, -0.1) is 10.2 Å². The maximum atomic E-state index is 6.58. The maximum absolute atomic E-state index is 6.58. The van der Waals surface area contributed by atoms with Gasteiger partial charge in [-0.05, 0) is 42.4 Å². The molecule has 0 saturated carbocycles. The first-order chi connectivity index (χ1) is 14.5. The van der Waals surface area contributed by atoms with E-state index in [4.69, 9.17) is 25.5 Å². The topological polar surface area (TPSA) is 56.7 Å². The summed E-state index contributed by atoms with van der Waals surface area (Å²) in [6.45, 7) is 11.6. The van der Waals surface area contributed by atoms with Crippen molar-refractivity contribution in [2.24, 2.45) is 0 Å². The highest BCUT2D eigenvalue weighted by Gasteiger charge is 2.37. The van der Waals surface area contributed by atoms with Gasteiger partial charge in [-0.25, -0.2) is 0 Å². The summed E-state index contributed by atoms with van der Waals surface area (Å²) in [7, 11) is 1.30.